The summed E-state index contributed by atoms with van der Waals surface area (Å²) in [5.41, 5.74) is 0.921. The molecule has 1 amide bonds. The minimum atomic E-state index is -0.927. The molecule has 1 unspecified atom stereocenters. The van der Waals surface area contributed by atoms with Gasteiger partial charge in [0.25, 0.3) is 5.91 Å². The van der Waals surface area contributed by atoms with Crippen molar-refractivity contribution in [2.45, 2.75) is 17.9 Å². The van der Waals surface area contributed by atoms with E-state index in [-0.39, 0.29) is 5.75 Å². The van der Waals surface area contributed by atoms with Crippen LogP contribution in [-0.4, -0.2) is 23.7 Å². The molecule has 0 radical (unpaired) electrons. The molecule has 0 aliphatic carbocycles. The van der Waals surface area contributed by atoms with Gasteiger partial charge in [-0.3, -0.25) is 9.59 Å². The number of thioether (sulfide) groups is 1. The average Bonchev–Trinajstić information content (AvgIpc) is 2.61. The zero-order valence-electron chi connectivity index (χ0n) is 13.4. The molecule has 25 heavy (non-hydrogen) atoms. The SMILES string of the molecule is CC(OC(=O)CSc1ccc(Br)cc1)C(=O)Nc1cccc(C#N)c1. The predicted molar refractivity (Wildman–Crippen MR) is 100 cm³/mol. The van der Waals surface area contributed by atoms with Crippen molar-refractivity contribution in [1.29, 1.82) is 5.26 Å². The van der Waals surface area contributed by atoms with Crippen molar-refractivity contribution < 1.29 is 14.3 Å². The summed E-state index contributed by atoms with van der Waals surface area (Å²) in [5.74, 6) is -0.804. The molecular weight excluding hydrogens is 404 g/mol. The van der Waals surface area contributed by atoms with E-state index in [0.717, 1.165) is 9.37 Å². The highest BCUT2D eigenvalue weighted by atomic mass is 79.9. The lowest BCUT2D eigenvalue weighted by Crippen LogP contribution is -2.30. The number of benzene rings is 2. The van der Waals surface area contributed by atoms with Crippen molar-refractivity contribution >= 4 is 45.3 Å². The molecule has 0 aliphatic heterocycles. The molecule has 2 aromatic rings. The number of nitriles is 1. The third-order valence-electron chi connectivity index (χ3n) is 3.11. The standard InChI is InChI=1S/C18H15BrN2O3S/c1-12(18(23)21-15-4-2-3-13(9-15)10-20)24-17(22)11-25-16-7-5-14(19)6-8-16/h2-9,12H,11H2,1H3,(H,21,23). The molecule has 2 aromatic carbocycles. The first-order chi connectivity index (χ1) is 12.0. The Kier molecular flexibility index (Phi) is 7.04. The van der Waals surface area contributed by atoms with Crippen molar-refractivity contribution in [1.82, 2.24) is 0 Å². The molecule has 0 heterocycles. The van der Waals surface area contributed by atoms with E-state index in [9.17, 15) is 9.59 Å². The third kappa shape index (κ3) is 6.25. The molecule has 0 aliphatic rings. The Morgan fingerprint density at radius 1 is 1.28 bits per heavy atom. The first-order valence-corrected chi connectivity index (χ1v) is 9.14. The predicted octanol–water partition coefficient (Wildman–Crippen LogP) is 3.98. The number of nitrogens with one attached hydrogen (secondary N) is 1. The highest BCUT2D eigenvalue weighted by Gasteiger charge is 2.18. The van der Waals surface area contributed by atoms with Gasteiger partial charge in [0.15, 0.2) is 6.10 Å². The molecule has 1 atom stereocenters. The minimum absolute atomic E-state index is 0.114. The van der Waals surface area contributed by atoms with Crippen LogP contribution in [0, 0.1) is 11.3 Å². The van der Waals surface area contributed by atoms with Gasteiger partial charge < -0.3 is 10.1 Å². The second-order valence-electron chi connectivity index (χ2n) is 5.06. The van der Waals surface area contributed by atoms with Crippen molar-refractivity contribution in [3.63, 3.8) is 0 Å². The normalized spacial score (nSPS) is 11.2. The van der Waals surface area contributed by atoms with Crippen LogP contribution < -0.4 is 5.32 Å². The van der Waals surface area contributed by atoms with Gasteiger partial charge in [0, 0.05) is 15.1 Å². The van der Waals surface area contributed by atoms with Gasteiger partial charge in [-0.25, -0.2) is 0 Å². The fraction of sp³-hybridized carbons (Fsp3) is 0.167. The Morgan fingerprint density at radius 3 is 2.68 bits per heavy atom. The van der Waals surface area contributed by atoms with Crippen LogP contribution in [-0.2, 0) is 14.3 Å². The molecule has 7 heteroatoms. The summed E-state index contributed by atoms with van der Waals surface area (Å²) < 4.78 is 6.10. The minimum Gasteiger partial charge on any atom is -0.452 e. The fourth-order valence-corrected chi connectivity index (χ4v) is 2.81. The Labute approximate surface area is 158 Å². The number of amides is 1. The molecule has 1 N–H and O–H groups in total. The fourth-order valence-electron chi connectivity index (χ4n) is 1.87. The van der Waals surface area contributed by atoms with Gasteiger partial charge in [-0.1, -0.05) is 22.0 Å². The molecule has 0 aromatic heterocycles. The molecule has 2 rings (SSSR count). The molecule has 0 spiro atoms. The maximum absolute atomic E-state index is 12.1. The summed E-state index contributed by atoms with van der Waals surface area (Å²) in [6.07, 6.45) is -0.927. The van der Waals surface area contributed by atoms with E-state index in [1.165, 1.54) is 18.7 Å². The van der Waals surface area contributed by atoms with Crippen LogP contribution in [0.5, 0.6) is 0 Å². The van der Waals surface area contributed by atoms with Gasteiger partial charge in [0.2, 0.25) is 0 Å². The maximum atomic E-state index is 12.1. The van der Waals surface area contributed by atoms with Crippen LogP contribution in [0.2, 0.25) is 0 Å². The van der Waals surface area contributed by atoms with Crippen LogP contribution >= 0.6 is 27.7 Å². The molecule has 5 nitrogen and oxygen atoms in total. The summed E-state index contributed by atoms with van der Waals surface area (Å²) in [7, 11) is 0. The van der Waals surface area contributed by atoms with E-state index in [2.05, 4.69) is 21.2 Å². The second kappa shape index (κ2) is 9.25. The number of halogens is 1. The third-order valence-corrected chi connectivity index (χ3v) is 4.62. The Morgan fingerprint density at radius 2 is 2.00 bits per heavy atom. The summed E-state index contributed by atoms with van der Waals surface area (Å²) in [6.45, 7) is 1.51. The molecule has 128 valence electrons. The van der Waals surface area contributed by atoms with E-state index < -0.39 is 18.0 Å². The van der Waals surface area contributed by atoms with Crippen molar-refractivity contribution in [3.05, 3.63) is 58.6 Å². The second-order valence-corrected chi connectivity index (χ2v) is 7.02. The highest BCUT2D eigenvalue weighted by molar-refractivity contribution is 9.10. The largest absolute Gasteiger partial charge is 0.452 e. The summed E-state index contributed by atoms with van der Waals surface area (Å²) in [4.78, 5) is 24.9. The number of ether oxygens (including phenoxy) is 1. The number of hydrogen-bond donors (Lipinski definition) is 1. The average molecular weight is 419 g/mol. The molecule has 0 saturated carbocycles. The van der Waals surface area contributed by atoms with Gasteiger partial charge in [-0.15, -0.1) is 11.8 Å². The lowest BCUT2D eigenvalue weighted by Gasteiger charge is -2.13. The molecule has 0 fully saturated rings. The van der Waals surface area contributed by atoms with Crippen molar-refractivity contribution in [2.75, 3.05) is 11.1 Å². The molecule has 0 saturated heterocycles. The van der Waals surface area contributed by atoms with Crippen molar-refractivity contribution in [3.8, 4) is 6.07 Å². The van der Waals surface area contributed by atoms with Crippen LogP contribution in [0.4, 0.5) is 5.69 Å². The van der Waals surface area contributed by atoms with Gasteiger partial charge in [0.1, 0.15) is 0 Å². The molecule has 0 bridgehead atoms. The monoisotopic (exact) mass is 418 g/mol. The van der Waals surface area contributed by atoms with E-state index >= 15 is 0 Å². The van der Waals surface area contributed by atoms with Crippen LogP contribution in [0.3, 0.4) is 0 Å². The first-order valence-electron chi connectivity index (χ1n) is 7.37. The van der Waals surface area contributed by atoms with Crippen LogP contribution in [0.25, 0.3) is 0 Å². The zero-order valence-corrected chi connectivity index (χ0v) is 15.8. The van der Waals surface area contributed by atoms with Gasteiger partial charge >= 0.3 is 5.97 Å². The number of carbonyl (C=O) groups excluding carboxylic acids is 2. The zero-order chi connectivity index (χ0) is 18.2. The first kappa shape index (κ1) is 19.0. The van der Waals surface area contributed by atoms with Crippen LogP contribution in [0.1, 0.15) is 12.5 Å². The molecular formula is C18H15BrN2O3S. The lowest BCUT2D eigenvalue weighted by molar-refractivity contribution is -0.150. The van der Waals surface area contributed by atoms with Gasteiger partial charge in [-0.05, 0) is 49.4 Å². The topological polar surface area (TPSA) is 79.2 Å². The van der Waals surface area contributed by atoms with Gasteiger partial charge in [0.05, 0.1) is 17.4 Å². The smallest absolute Gasteiger partial charge is 0.317 e. The van der Waals surface area contributed by atoms with Crippen molar-refractivity contribution in [2.24, 2.45) is 0 Å². The highest BCUT2D eigenvalue weighted by Crippen LogP contribution is 2.21. The Balaban J connectivity index is 1.82. The van der Waals surface area contributed by atoms with E-state index in [4.69, 9.17) is 10.00 Å². The lowest BCUT2D eigenvalue weighted by atomic mass is 10.2. The quantitative estimate of drug-likeness (QED) is 0.566. The number of anilines is 1. The number of rotatable bonds is 6. The summed E-state index contributed by atoms with van der Waals surface area (Å²) >= 11 is 4.68. The van der Waals surface area contributed by atoms with E-state index in [1.807, 2.05) is 30.3 Å². The number of hydrogen-bond acceptors (Lipinski definition) is 5. The summed E-state index contributed by atoms with van der Waals surface area (Å²) in [6, 6.07) is 16.1. The summed E-state index contributed by atoms with van der Waals surface area (Å²) in [5, 5.41) is 11.5. The van der Waals surface area contributed by atoms with Gasteiger partial charge in [-0.2, -0.15) is 5.26 Å². The number of esters is 1. The Hall–Kier alpha value is -2.30. The Bertz CT molecular complexity index is 803. The number of nitrogens with zero attached hydrogens (tertiary/aromatic N) is 1. The van der Waals surface area contributed by atoms with E-state index in [1.54, 1.807) is 24.3 Å². The van der Waals surface area contributed by atoms with Crippen LogP contribution in [0.15, 0.2) is 57.9 Å². The number of carbonyl (C=O) groups is 2. The maximum Gasteiger partial charge on any atom is 0.317 e. The van der Waals surface area contributed by atoms with E-state index in [0.29, 0.717) is 11.3 Å².